The zero-order valence-electron chi connectivity index (χ0n) is 64.9. The predicted molar refractivity (Wildman–Crippen MR) is 384 cm³/mol. The number of nitrogens with zero attached hydrogens (tertiary/aromatic N) is 9. The summed E-state index contributed by atoms with van der Waals surface area (Å²) in [6.45, 7) is 5.11. The molecule has 0 aromatic heterocycles. The maximum Gasteiger partial charge on any atom is 0.397 e. The third-order valence-electron chi connectivity index (χ3n) is 24.0. The highest BCUT2D eigenvalue weighted by Gasteiger charge is 2.56. The zero-order valence-corrected chi connectivity index (χ0v) is 64.9. The molecule has 7 aliphatic rings. The maximum atomic E-state index is 15.6. The standard InChI is InChI=1S/C76H114F8N12O13/c1-13-23-54-65(100)86-63(45(5)15-3)71(106)90(8)44-61(99)92(10)55-26-18-17-21-36-95(70(55)105)58(39-46-27-30-49(31-28-46)75(79,80)81)69(104)89(7)43-59(97)85-53(32-29-47-37-51(77)62(52(78)38-47)76(82,83)84)67(102)96-42-50(109-16-4)40-56(96)66(101)87-74(33-22-34-74)73(108)94(12)64(48-24-19-20-25-48)72(107)93(11)57(41-60(98)91(54)9)68(103)88(6)35-14-2/h1,17-18,45-58,62-64H,14-16,19-44H2,2-12H3,(H,85,97)(H,86,100)(H,87,101)/b18-17-/t45-,46?,47?,49?,50+,51?,52?,53-,54-,55-,56-,57-,58-,62?,63-,64-/m0/s1. The molecule has 6 fully saturated rings. The quantitative estimate of drug-likeness (QED) is 0.101. The summed E-state index contributed by atoms with van der Waals surface area (Å²) in [5.41, 5.74) is -1.71. The van der Waals surface area contributed by atoms with Gasteiger partial charge in [-0.15, -0.1) is 12.3 Å². The molecule has 0 radical (unpaired) electrons. The highest BCUT2D eigenvalue weighted by molar-refractivity contribution is 6.01. The van der Waals surface area contributed by atoms with Crippen LogP contribution in [0.15, 0.2) is 12.2 Å². The summed E-state index contributed by atoms with van der Waals surface area (Å²) in [5, 5.41) is 8.30. The van der Waals surface area contributed by atoms with Gasteiger partial charge in [-0.3, -0.25) is 57.5 Å². The van der Waals surface area contributed by atoms with Gasteiger partial charge in [0.05, 0.1) is 31.5 Å². The molecule has 612 valence electrons. The van der Waals surface area contributed by atoms with Crippen LogP contribution in [0.4, 0.5) is 35.1 Å². The Morgan fingerprint density at radius 1 is 0.679 bits per heavy atom. The van der Waals surface area contributed by atoms with Crippen LogP contribution >= 0.6 is 0 Å². The van der Waals surface area contributed by atoms with Crippen molar-refractivity contribution in [1.29, 1.82) is 0 Å². The van der Waals surface area contributed by atoms with Gasteiger partial charge in [-0.25, -0.2) is 8.78 Å². The van der Waals surface area contributed by atoms with Gasteiger partial charge < -0.3 is 64.8 Å². The average molecular weight is 1560 g/mol. The Hall–Kier alpha value is -7.66. The minimum atomic E-state index is -5.22. The van der Waals surface area contributed by atoms with Gasteiger partial charge in [-0.05, 0) is 140 Å². The van der Waals surface area contributed by atoms with Crippen LogP contribution in [-0.2, 0) is 62.3 Å². The smallest absolute Gasteiger partial charge is 0.377 e. The number of hydrogen-bond acceptors (Lipinski definition) is 13. The summed E-state index contributed by atoms with van der Waals surface area (Å²) >= 11 is 0. The number of hydrogen-bond donors (Lipinski definition) is 3. The molecule has 7 rings (SSSR count). The van der Waals surface area contributed by atoms with E-state index in [-0.39, 0.29) is 96.9 Å². The van der Waals surface area contributed by atoms with Crippen LogP contribution in [0.1, 0.15) is 175 Å². The first kappa shape index (κ1) is 88.6. The summed E-state index contributed by atoms with van der Waals surface area (Å²) in [6.07, 6.45) is -7.66. The van der Waals surface area contributed by atoms with E-state index in [1.807, 2.05) is 6.92 Å². The van der Waals surface area contributed by atoms with Crippen LogP contribution in [0, 0.1) is 47.9 Å². The van der Waals surface area contributed by atoms with Gasteiger partial charge in [-0.1, -0.05) is 52.2 Å². The molecule has 3 N–H and O–H groups in total. The molecule has 33 heteroatoms. The second-order valence-corrected chi connectivity index (χ2v) is 31.5. The normalized spacial score (nSPS) is 31.7. The highest BCUT2D eigenvalue weighted by atomic mass is 19.4. The number of carbonyl (C=O) groups excluding carboxylic acids is 12. The van der Waals surface area contributed by atoms with E-state index in [4.69, 9.17) is 11.2 Å². The van der Waals surface area contributed by atoms with Crippen molar-refractivity contribution in [2.24, 2.45) is 35.5 Å². The number of nitrogens with one attached hydrogen (secondary N) is 3. The minimum absolute atomic E-state index is 0.0127. The number of carbonyl (C=O) groups is 12. The Morgan fingerprint density at radius 3 is 1.88 bits per heavy atom. The molecule has 1 spiro atoms. The SMILES string of the molecule is C#CC[C@H]1C(=O)N[C@@H]([C@@H](C)CC)C(=O)N(C)CC(=O)N(C)[C@H]2C/C=C\CCN(C2=O)[C@@H](CC2CCC(C(F)(F)F)CC2)C(=O)N(C)CC(=O)N[C@@H](CCC2CC(F)C(C(F)(F)F)C(F)C2)C(=O)N2C[C@H](OCC)C[C@H]2C(=O)NC2(CCC2)C(=O)N(C)[C@@H](C2CCCC2)C(=O)N(C)[C@H](C(=O)N(C)CCC)CC(=O)N1C. The van der Waals surface area contributed by atoms with Crippen LogP contribution in [0.5, 0.6) is 0 Å². The summed E-state index contributed by atoms with van der Waals surface area (Å²) < 4.78 is 121. The molecule has 4 aliphatic carbocycles. The van der Waals surface area contributed by atoms with Crippen molar-refractivity contribution in [2.45, 2.75) is 260 Å². The fraction of sp³-hybridized carbons (Fsp3) is 0.789. The lowest BCUT2D eigenvalue weighted by atomic mass is 9.74. The highest BCUT2D eigenvalue weighted by Crippen LogP contribution is 2.46. The van der Waals surface area contributed by atoms with Crippen LogP contribution in [-0.4, -0.2) is 288 Å². The van der Waals surface area contributed by atoms with Gasteiger partial charge in [0.2, 0.25) is 70.9 Å². The van der Waals surface area contributed by atoms with E-state index < -0.39 is 236 Å². The summed E-state index contributed by atoms with van der Waals surface area (Å²) in [7, 11) is 9.32. The van der Waals surface area contributed by atoms with Crippen molar-refractivity contribution in [3.8, 4) is 12.3 Å². The lowest BCUT2D eigenvalue weighted by Gasteiger charge is -2.46. The van der Waals surface area contributed by atoms with Gasteiger partial charge >= 0.3 is 12.4 Å². The molecule has 3 aliphatic heterocycles. The summed E-state index contributed by atoms with van der Waals surface area (Å²) in [4.78, 5) is 191. The number of likely N-dealkylation sites (N-methyl/N-ethyl adjacent to an activating group) is 7. The number of halogens is 8. The lowest BCUT2D eigenvalue weighted by Crippen LogP contribution is -2.68. The average Bonchev–Trinajstić information content (AvgIpc) is 1.71. The molecule has 4 saturated carbocycles. The Bertz CT molecular complexity index is 3310. The molecule has 2 saturated heterocycles. The number of alkyl halides is 8. The van der Waals surface area contributed by atoms with E-state index in [2.05, 4.69) is 21.9 Å². The van der Waals surface area contributed by atoms with Crippen LogP contribution in [0.25, 0.3) is 0 Å². The van der Waals surface area contributed by atoms with Crippen molar-refractivity contribution < 1.29 is 97.4 Å². The lowest BCUT2D eigenvalue weighted by molar-refractivity contribution is -0.219. The number of ether oxygens (including phenoxy) is 1. The van der Waals surface area contributed by atoms with Gasteiger partial charge in [0.25, 0.3) is 0 Å². The topological polar surface area (TPSA) is 279 Å². The Kier molecular flexibility index (Phi) is 31.3. The van der Waals surface area contributed by atoms with E-state index >= 15 is 37.5 Å². The maximum absolute atomic E-state index is 15.6. The molecule has 25 nitrogen and oxygen atoms in total. The van der Waals surface area contributed by atoms with Crippen LogP contribution in [0.3, 0.4) is 0 Å². The molecule has 0 aromatic carbocycles. The molecule has 2 unspecified atom stereocenters. The number of terminal acetylenes is 1. The number of rotatable bonds is 14. The zero-order chi connectivity index (χ0) is 80.9. The molecular formula is C76H114F8N12O13. The first-order valence-corrected chi connectivity index (χ1v) is 38.7. The number of amides is 12. The van der Waals surface area contributed by atoms with Crippen molar-refractivity contribution in [2.75, 3.05) is 88.7 Å². The molecule has 12 amide bonds. The van der Waals surface area contributed by atoms with Crippen molar-refractivity contribution in [1.82, 2.24) is 60.0 Å². The summed E-state index contributed by atoms with van der Waals surface area (Å²) in [5.74, 6) is -14.8. The molecule has 2 bridgehead atoms. The van der Waals surface area contributed by atoms with E-state index in [0.717, 1.165) is 29.4 Å². The molecule has 109 heavy (non-hydrogen) atoms. The van der Waals surface area contributed by atoms with Crippen LogP contribution < -0.4 is 16.0 Å². The Morgan fingerprint density at radius 2 is 1.31 bits per heavy atom. The first-order valence-electron chi connectivity index (χ1n) is 38.7. The monoisotopic (exact) mass is 1550 g/mol. The molecule has 12 atom stereocenters. The van der Waals surface area contributed by atoms with Crippen molar-refractivity contribution in [3.05, 3.63) is 12.2 Å². The van der Waals surface area contributed by atoms with E-state index in [0.29, 0.717) is 44.9 Å². The van der Waals surface area contributed by atoms with Gasteiger partial charge in [0.1, 0.15) is 72.1 Å². The molecule has 0 aromatic rings. The van der Waals surface area contributed by atoms with E-state index in [1.165, 1.54) is 64.0 Å². The Labute approximate surface area is 634 Å². The van der Waals surface area contributed by atoms with Crippen molar-refractivity contribution in [3.63, 3.8) is 0 Å². The van der Waals surface area contributed by atoms with Crippen molar-refractivity contribution >= 4 is 70.9 Å². The van der Waals surface area contributed by atoms with Crippen LogP contribution in [0.2, 0.25) is 0 Å². The molecular weight excluding hydrogens is 1440 g/mol. The van der Waals surface area contributed by atoms with Gasteiger partial charge in [-0.2, -0.15) is 26.3 Å². The first-order chi connectivity index (χ1) is 51.2. The third kappa shape index (κ3) is 21.5. The largest absolute Gasteiger partial charge is 0.397 e. The van der Waals surface area contributed by atoms with Gasteiger partial charge in [0, 0.05) is 88.4 Å². The second kappa shape index (κ2) is 38.5. The second-order valence-electron chi connectivity index (χ2n) is 31.5. The number of fused-ring (bicyclic) bond motifs is 3. The minimum Gasteiger partial charge on any atom is -0.377 e. The fourth-order valence-electron chi connectivity index (χ4n) is 17.0. The van der Waals surface area contributed by atoms with E-state index in [9.17, 15) is 55.1 Å². The third-order valence-corrected chi connectivity index (χ3v) is 24.0. The van der Waals surface area contributed by atoms with E-state index in [1.54, 1.807) is 32.9 Å². The fourth-order valence-corrected chi connectivity index (χ4v) is 17.0. The Balaban J connectivity index is 1.33. The predicted octanol–water partition coefficient (Wildman–Crippen LogP) is 6.11. The molecule has 3 heterocycles. The summed E-state index contributed by atoms with van der Waals surface area (Å²) in [6, 6.07) is -11.8. The van der Waals surface area contributed by atoms with Gasteiger partial charge in [0.15, 0.2) is 0 Å².